The van der Waals surface area contributed by atoms with E-state index in [4.69, 9.17) is 23.2 Å². The summed E-state index contributed by atoms with van der Waals surface area (Å²) < 4.78 is 0. The molecule has 2 aliphatic heterocycles. The first-order valence-corrected chi connectivity index (χ1v) is 9.29. The Bertz CT molecular complexity index is 564. The summed E-state index contributed by atoms with van der Waals surface area (Å²) in [6, 6.07) is 6.16. The number of hydrogen-bond acceptors (Lipinski definition) is 2. The second-order valence-corrected chi connectivity index (χ2v) is 7.51. The van der Waals surface area contributed by atoms with Gasteiger partial charge >= 0.3 is 0 Å². The normalized spacial score (nSPS) is 21.6. The van der Waals surface area contributed by atoms with Gasteiger partial charge < -0.3 is 4.90 Å². The van der Waals surface area contributed by atoms with Gasteiger partial charge in [0.1, 0.15) is 0 Å². The molecule has 0 bridgehead atoms. The van der Waals surface area contributed by atoms with E-state index in [1.54, 1.807) is 0 Å². The van der Waals surface area contributed by atoms with E-state index in [9.17, 15) is 4.79 Å². The molecule has 0 aromatic heterocycles. The fourth-order valence-electron chi connectivity index (χ4n) is 3.71. The molecule has 3 nitrogen and oxygen atoms in total. The third-order valence-corrected chi connectivity index (χ3v) is 6.01. The highest BCUT2D eigenvalue weighted by molar-refractivity contribution is 6.42. The van der Waals surface area contributed by atoms with E-state index < -0.39 is 0 Å². The Morgan fingerprint density at radius 1 is 1.09 bits per heavy atom. The van der Waals surface area contributed by atoms with Crippen LogP contribution in [-0.4, -0.2) is 41.9 Å². The molecule has 0 spiro atoms. The van der Waals surface area contributed by atoms with E-state index in [-0.39, 0.29) is 5.92 Å². The zero-order valence-corrected chi connectivity index (χ0v) is 15.1. The van der Waals surface area contributed by atoms with Gasteiger partial charge in [-0.1, -0.05) is 29.3 Å². The molecule has 2 fully saturated rings. The minimum atomic E-state index is 0.213. The number of carbonyl (C=O) groups is 1. The van der Waals surface area contributed by atoms with Crippen LogP contribution in [0.15, 0.2) is 18.2 Å². The van der Waals surface area contributed by atoms with Gasteiger partial charge in [0.05, 0.1) is 10.0 Å². The van der Waals surface area contributed by atoms with Crippen LogP contribution in [0.3, 0.4) is 0 Å². The molecule has 23 heavy (non-hydrogen) atoms. The molecule has 1 unspecified atom stereocenters. The van der Waals surface area contributed by atoms with Crippen LogP contribution in [0.2, 0.25) is 10.0 Å². The first-order chi connectivity index (χ1) is 11.1. The van der Waals surface area contributed by atoms with Crippen LogP contribution in [0.5, 0.6) is 0 Å². The van der Waals surface area contributed by atoms with Crippen molar-refractivity contribution in [3.8, 4) is 0 Å². The van der Waals surface area contributed by atoms with Crippen LogP contribution in [-0.2, 0) is 4.79 Å². The van der Waals surface area contributed by atoms with Crippen molar-refractivity contribution in [3.05, 3.63) is 33.8 Å². The summed E-state index contributed by atoms with van der Waals surface area (Å²) in [5.41, 5.74) is 1.18. The van der Waals surface area contributed by atoms with E-state index in [0.29, 0.717) is 22.0 Å². The van der Waals surface area contributed by atoms with Gasteiger partial charge in [-0.2, -0.15) is 0 Å². The molecule has 126 valence electrons. The Morgan fingerprint density at radius 3 is 2.35 bits per heavy atom. The standard InChI is InChI=1S/C18H24Cl2N2O/c1-13(15-4-5-16(19)17(20)12-15)21-10-6-14(7-11-21)18(23)22-8-2-3-9-22/h4-5,12-14H,2-3,6-11H2,1H3. The third-order valence-electron chi connectivity index (χ3n) is 5.27. The SMILES string of the molecule is CC(c1ccc(Cl)c(Cl)c1)N1CCC(C(=O)N2CCCC2)CC1. The first kappa shape index (κ1) is 17.1. The summed E-state index contributed by atoms with van der Waals surface area (Å²) in [5.74, 6) is 0.592. The van der Waals surface area contributed by atoms with Gasteiger partial charge in [0.2, 0.25) is 5.91 Å². The van der Waals surface area contributed by atoms with Crippen LogP contribution in [0.1, 0.15) is 44.2 Å². The maximum absolute atomic E-state index is 12.5. The van der Waals surface area contributed by atoms with Gasteiger partial charge in [0.15, 0.2) is 0 Å². The lowest BCUT2D eigenvalue weighted by Gasteiger charge is -2.36. The minimum absolute atomic E-state index is 0.213. The quantitative estimate of drug-likeness (QED) is 0.803. The molecule has 2 heterocycles. The molecule has 2 aliphatic rings. The van der Waals surface area contributed by atoms with E-state index in [2.05, 4.69) is 16.7 Å². The third kappa shape index (κ3) is 3.84. The smallest absolute Gasteiger partial charge is 0.225 e. The summed E-state index contributed by atoms with van der Waals surface area (Å²) in [6.07, 6.45) is 4.25. The summed E-state index contributed by atoms with van der Waals surface area (Å²) in [7, 11) is 0. The van der Waals surface area contributed by atoms with Gasteiger partial charge in [-0.3, -0.25) is 9.69 Å². The van der Waals surface area contributed by atoms with Crippen LogP contribution in [0, 0.1) is 5.92 Å². The Morgan fingerprint density at radius 2 is 1.74 bits per heavy atom. The molecule has 0 N–H and O–H groups in total. The topological polar surface area (TPSA) is 23.6 Å². The second-order valence-electron chi connectivity index (χ2n) is 6.69. The number of nitrogens with zero attached hydrogens (tertiary/aromatic N) is 2. The lowest BCUT2D eigenvalue weighted by Crippen LogP contribution is -2.42. The molecule has 3 rings (SSSR count). The highest BCUT2D eigenvalue weighted by atomic mass is 35.5. The zero-order valence-electron chi connectivity index (χ0n) is 13.6. The van der Waals surface area contributed by atoms with Crippen LogP contribution >= 0.6 is 23.2 Å². The number of benzene rings is 1. The van der Waals surface area contributed by atoms with Gasteiger partial charge in [-0.15, -0.1) is 0 Å². The van der Waals surface area contributed by atoms with E-state index >= 15 is 0 Å². The number of hydrogen-bond donors (Lipinski definition) is 0. The molecule has 0 radical (unpaired) electrons. The van der Waals surface area contributed by atoms with Crippen molar-refractivity contribution < 1.29 is 4.79 Å². The minimum Gasteiger partial charge on any atom is -0.342 e. The van der Waals surface area contributed by atoms with Crippen molar-refractivity contribution in [2.45, 2.75) is 38.6 Å². The predicted molar refractivity (Wildman–Crippen MR) is 95.0 cm³/mol. The Hall–Kier alpha value is -0.770. The fourth-order valence-corrected chi connectivity index (χ4v) is 4.02. The van der Waals surface area contributed by atoms with Gasteiger partial charge in [-0.05, 0) is 63.4 Å². The monoisotopic (exact) mass is 354 g/mol. The molecular weight excluding hydrogens is 331 g/mol. The van der Waals surface area contributed by atoms with Crippen molar-refractivity contribution in [3.63, 3.8) is 0 Å². The zero-order chi connectivity index (χ0) is 16.4. The number of rotatable bonds is 3. The van der Waals surface area contributed by atoms with Crippen molar-refractivity contribution in [1.82, 2.24) is 9.80 Å². The van der Waals surface area contributed by atoms with Gasteiger partial charge in [-0.25, -0.2) is 0 Å². The number of carbonyl (C=O) groups excluding carboxylic acids is 1. The van der Waals surface area contributed by atoms with E-state index in [0.717, 1.165) is 39.0 Å². The lowest BCUT2D eigenvalue weighted by molar-refractivity contribution is -0.136. The number of likely N-dealkylation sites (tertiary alicyclic amines) is 2. The Kier molecular flexibility index (Phi) is 5.50. The fraction of sp³-hybridized carbons (Fsp3) is 0.611. The largest absolute Gasteiger partial charge is 0.342 e. The Balaban J connectivity index is 1.57. The molecular formula is C18H24Cl2N2O. The highest BCUT2D eigenvalue weighted by Crippen LogP contribution is 2.31. The average Bonchev–Trinajstić information content (AvgIpc) is 3.11. The number of amides is 1. The average molecular weight is 355 g/mol. The summed E-state index contributed by atoms with van der Waals surface area (Å²) in [6.45, 7) is 6.04. The second kappa shape index (κ2) is 7.42. The van der Waals surface area contributed by atoms with E-state index in [1.807, 2.05) is 18.2 Å². The molecule has 2 saturated heterocycles. The number of halogens is 2. The van der Waals surface area contributed by atoms with Gasteiger partial charge in [0.25, 0.3) is 0 Å². The molecule has 5 heteroatoms. The van der Waals surface area contributed by atoms with E-state index in [1.165, 1.54) is 18.4 Å². The molecule has 0 saturated carbocycles. The summed E-state index contributed by atoms with van der Waals surface area (Å²) in [5, 5.41) is 1.20. The van der Waals surface area contributed by atoms with Crippen molar-refractivity contribution in [2.24, 2.45) is 5.92 Å². The summed E-state index contributed by atoms with van der Waals surface area (Å²) >= 11 is 12.1. The molecule has 1 atom stereocenters. The van der Waals surface area contributed by atoms with Crippen LogP contribution in [0.25, 0.3) is 0 Å². The Labute approximate surface area is 148 Å². The molecule has 0 aliphatic carbocycles. The lowest BCUT2D eigenvalue weighted by atomic mass is 9.93. The van der Waals surface area contributed by atoms with Crippen molar-refractivity contribution >= 4 is 29.1 Å². The number of piperidine rings is 1. The summed E-state index contributed by atoms with van der Waals surface area (Å²) in [4.78, 5) is 17.0. The van der Waals surface area contributed by atoms with Gasteiger partial charge in [0, 0.05) is 25.0 Å². The van der Waals surface area contributed by atoms with Crippen LogP contribution in [0.4, 0.5) is 0 Å². The first-order valence-electron chi connectivity index (χ1n) is 8.54. The van der Waals surface area contributed by atoms with Crippen molar-refractivity contribution in [1.29, 1.82) is 0 Å². The highest BCUT2D eigenvalue weighted by Gasteiger charge is 2.31. The maximum Gasteiger partial charge on any atom is 0.225 e. The maximum atomic E-state index is 12.5. The van der Waals surface area contributed by atoms with Crippen LogP contribution < -0.4 is 0 Å². The van der Waals surface area contributed by atoms with Crippen molar-refractivity contribution in [2.75, 3.05) is 26.2 Å². The molecule has 1 aromatic rings. The predicted octanol–water partition coefficient (Wildman–Crippen LogP) is 4.39. The molecule has 1 aromatic carbocycles. The molecule has 1 amide bonds.